The average molecular weight is 663 g/mol. The van der Waals surface area contributed by atoms with Gasteiger partial charge in [0.2, 0.25) is 6.93 Å². The molecule has 9 nitrogen and oxygen atoms in total. The maximum Gasteiger partial charge on any atom is 0.407 e. The van der Waals surface area contributed by atoms with Crippen molar-refractivity contribution in [2.24, 2.45) is 0 Å². The number of carbonyl (C=O) groups is 2. The number of nitrogen functional groups attached to an aromatic ring is 1. The molecule has 4 N–H and O–H groups in total. The van der Waals surface area contributed by atoms with Gasteiger partial charge in [-0.15, -0.1) is 0 Å². The summed E-state index contributed by atoms with van der Waals surface area (Å²) >= 11 is 6.48. The van der Waals surface area contributed by atoms with Gasteiger partial charge in [-0.3, -0.25) is 9.69 Å². The highest BCUT2D eigenvalue weighted by Crippen LogP contribution is 2.32. The van der Waals surface area contributed by atoms with Gasteiger partial charge in [-0.1, -0.05) is 24.6 Å². The predicted molar refractivity (Wildman–Crippen MR) is 165 cm³/mol. The van der Waals surface area contributed by atoms with Crippen LogP contribution in [0.25, 0.3) is 0 Å². The Morgan fingerprint density at radius 3 is 2.36 bits per heavy atom. The summed E-state index contributed by atoms with van der Waals surface area (Å²) in [5.74, 6) is -1.44. The zero-order chi connectivity index (χ0) is 33.4. The van der Waals surface area contributed by atoms with Gasteiger partial charge in [0.05, 0.1) is 26.9 Å². The van der Waals surface area contributed by atoms with Crippen molar-refractivity contribution in [3.05, 3.63) is 56.9 Å². The molecule has 0 bridgehead atoms. The molecule has 1 atom stereocenters. The van der Waals surface area contributed by atoms with E-state index in [0.717, 1.165) is 30.0 Å². The Morgan fingerprint density at radius 2 is 1.77 bits per heavy atom. The number of benzene rings is 2. The number of sulfone groups is 1. The monoisotopic (exact) mass is 662 g/mol. The van der Waals surface area contributed by atoms with Crippen molar-refractivity contribution < 1.29 is 35.9 Å². The average Bonchev–Trinajstić information content (AvgIpc) is 2.92. The van der Waals surface area contributed by atoms with Gasteiger partial charge in [-0.05, 0) is 82.8 Å². The molecular formula is C30H42ClF3N4O5S. The van der Waals surface area contributed by atoms with Crippen LogP contribution in [0.15, 0.2) is 23.1 Å². The first-order valence-corrected chi connectivity index (χ1v) is 16.2. The lowest BCUT2D eigenvalue weighted by molar-refractivity contribution is 0.0469. The number of carbonyl (C=O) groups excluding carboxylic acids is 2. The molecule has 2 aromatic rings. The number of nitrogens with zero attached hydrogens (tertiary/aromatic N) is 1. The van der Waals surface area contributed by atoms with Crippen molar-refractivity contribution in [3.63, 3.8) is 0 Å². The van der Waals surface area contributed by atoms with Gasteiger partial charge in [-0.2, -0.15) is 0 Å². The fraction of sp³-hybridized carbons (Fsp3) is 0.533. The van der Waals surface area contributed by atoms with Crippen LogP contribution in [0.2, 0.25) is 5.02 Å². The smallest absolute Gasteiger partial charge is 0.407 e. The maximum absolute atomic E-state index is 15.3. The lowest BCUT2D eigenvalue weighted by atomic mass is 10.0. The number of hydrogen-bond donors (Lipinski definition) is 3. The van der Waals surface area contributed by atoms with E-state index >= 15 is 4.39 Å². The summed E-state index contributed by atoms with van der Waals surface area (Å²) in [4.78, 5) is 27.3. The molecular weight excluding hydrogens is 621 g/mol. The van der Waals surface area contributed by atoms with E-state index < -0.39 is 40.2 Å². The molecule has 1 aliphatic heterocycles. The number of ether oxygens (including phenoxy) is 1. The quantitative estimate of drug-likeness (QED) is 0.306. The van der Waals surface area contributed by atoms with Crippen molar-refractivity contribution in [2.45, 2.75) is 84.0 Å². The molecule has 0 aliphatic carbocycles. The highest BCUT2D eigenvalue weighted by molar-refractivity contribution is 7.91. The van der Waals surface area contributed by atoms with Gasteiger partial charge >= 0.3 is 6.09 Å². The third-order valence-corrected chi connectivity index (χ3v) is 9.28. The second-order valence-electron chi connectivity index (χ2n) is 11.6. The first-order chi connectivity index (χ1) is 20.4. The molecule has 0 saturated carbocycles. The van der Waals surface area contributed by atoms with Crippen LogP contribution in [0.4, 0.5) is 23.7 Å². The minimum Gasteiger partial charge on any atom is -0.444 e. The largest absolute Gasteiger partial charge is 0.444 e. The van der Waals surface area contributed by atoms with Gasteiger partial charge in [-0.25, -0.2) is 26.4 Å². The Hall–Kier alpha value is -3.03. The standard InChI is InChI=1S/C29H40ClFN4O5S.CH2F2/c1-7-41(38,39)24-12-18(3)17(2)11-19(24)14-33-27(36)21-13-23(31)22(25(30)26(21)32)16-35-10-8-9-20(15-35)34-28(37)40-29(4,5)6;2-1-3/h11-13,20H,7-10,14-16,32H2,1-6H3,(H,33,36)(H,34,37);1H2. The highest BCUT2D eigenvalue weighted by Gasteiger charge is 2.27. The Morgan fingerprint density at radius 1 is 1.16 bits per heavy atom. The van der Waals surface area contributed by atoms with Crippen LogP contribution in [0.5, 0.6) is 0 Å². The van der Waals surface area contributed by atoms with E-state index in [-0.39, 0.29) is 51.6 Å². The third kappa shape index (κ3) is 10.3. The lowest BCUT2D eigenvalue weighted by Crippen LogP contribution is -2.48. The summed E-state index contributed by atoms with van der Waals surface area (Å²) in [6.45, 7) is 10.0. The van der Waals surface area contributed by atoms with Gasteiger partial charge in [0.25, 0.3) is 5.91 Å². The zero-order valence-corrected chi connectivity index (χ0v) is 27.5. The first-order valence-electron chi connectivity index (χ1n) is 14.1. The second-order valence-corrected chi connectivity index (χ2v) is 14.2. The molecule has 2 amide bonds. The summed E-state index contributed by atoms with van der Waals surface area (Å²) in [7, 11) is -3.53. The summed E-state index contributed by atoms with van der Waals surface area (Å²) < 4.78 is 65.2. The normalized spacial score (nSPS) is 15.6. The van der Waals surface area contributed by atoms with Crippen LogP contribution < -0.4 is 16.4 Å². The molecule has 3 rings (SSSR count). The molecule has 14 heteroatoms. The number of rotatable bonds is 8. The van der Waals surface area contributed by atoms with Crippen LogP contribution in [0.1, 0.15) is 73.1 Å². The minimum atomic E-state index is -3.53. The van der Waals surface area contributed by atoms with E-state index in [1.54, 1.807) is 39.8 Å². The number of halogens is 4. The van der Waals surface area contributed by atoms with E-state index in [2.05, 4.69) is 10.6 Å². The summed E-state index contributed by atoms with van der Waals surface area (Å²) in [5, 5.41) is 5.47. The number of anilines is 1. The van der Waals surface area contributed by atoms with Crippen molar-refractivity contribution in [3.8, 4) is 0 Å². The van der Waals surface area contributed by atoms with Crippen LogP contribution >= 0.6 is 11.6 Å². The lowest BCUT2D eigenvalue weighted by Gasteiger charge is -2.34. The number of alkyl carbamates (subject to hydrolysis) is 1. The van der Waals surface area contributed by atoms with E-state index in [9.17, 15) is 26.8 Å². The number of nitrogens with two attached hydrogens (primary N) is 1. The van der Waals surface area contributed by atoms with Crippen molar-refractivity contribution in [1.29, 1.82) is 0 Å². The fourth-order valence-electron chi connectivity index (χ4n) is 4.73. The molecule has 246 valence electrons. The molecule has 0 aromatic heterocycles. The Kier molecular flexibility index (Phi) is 13.3. The number of hydrogen-bond acceptors (Lipinski definition) is 7. The number of piperidine rings is 1. The van der Waals surface area contributed by atoms with Crippen molar-refractivity contribution >= 4 is 39.1 Å². The van der Waals surface area contributed by atoms with E-state index in [1.165, 1.54) is 0 Å². The molecule has 2 aromatic carbocycles. The van der Waals surface area contributed by atoms with Crippen LogP contribution in [0, 0.1) is 19.7 Å². The van der Waals surface area contributed by atoms with Crippen LogP contribution in [-0.4, -0.2) is 62.7 Å². The summed E-state index contributed by atoms with van der Waals surface area (Å²) in [5.41, 5.74) is 7.67. The van der Waals surface area contributed by atoms with E-state index in [4.69, 9.17) is 22.1 Å². The second kappa shape index (κ2) is 15.8. The number of likely N-dealkylation sites (tertiary alicyclic amines) is 1. The Labute approximate surface area is 262 Å². The van der Waals surface area contributed by atoms with Crippen LogP contribution in [0.3, 0.4) is 0 Å². The Bertz CT molecular complexity index is 1450. The number of nitrogens with one attached hydrogen (secondary N) is 2. The van der Waals surface area contributed by atoms with Crippen LogP contribution in [-0.2, 0) is 27.7 Å². The van der Waals surface area contributed by atoms with E-state index in [0.29, 0.717) is 18.7 Å². The molecule has 1 heterocycles. The molecule has 0 radical (unpaired) electrons. The summed E-state index contributed by atoms with van der Waals surface area (Å²) in [6.07, 6.45) is 1.03. The van der Waals surface area contributed by atoms with Gasteiger partial charge < -0.3 is 21.1 Å². The first kappa shape index (κ1) is 37.2. The maximum atomic E-state index is 15.3. The minimum absolute atomic E-state index is 0.0576. The van der Waals surface area contributed by atoms with Gasteiger partial charge in [0, 0.05) is 31.2 Å². The number of amides is 2. The molecule has 1 unspecified atom stereocenters. The van der Waals surface area contributed by atoms with Gasteiger partial charge in [0.1, 0.15) is 11.4 Å². The molecule has 44 heavy (non-hydrogen) atoms. The number of alkyl halides is 2. The fourth-order valence-corrected chi connectivity index (χ4v) is 6.18. The molecule has 0 spiro atoms. The van der Waals surface area contributed by atoms with Crippen molar-refractivity contribution in [2.75, 3.05) is 31.5 Å². The topological polar surface area (TPSA) is 131 Å². The predicted octanol–water partition coefficient (Wildman–Crippen LogP) is 5.77. The SMILES string of the molecule is CCS(=O)(=O)c1cc(C)c(C)cc1CNC(=O)c1cc(F)c(CN2CCCC(NC(=O)OC(C)(C)C)C2)c(Cl)c1N.FCF. The number of aryl methyl sites for hydroxylation is 2. The van der Waals surface area contributed by atoms with Gasteiger partial charge in [0.15, 0.2) is 9.84 Å². The van der Waals surface area contributed by atoms with Crippen molar-refractivity contribution in [1.82, 2.24) is 15.5 Å². The van der Waals surface area contributed by atoms with E-state index in [1.807, 2.05) is 18.7 Å². The Balaban J connectivity index is 0.00000216. The summed E-state index contributed by atoms with van der Waals surface area (Å²) in [6, 6.07) is 4.20. The molecule has 1 aliphatic rings. The molecule has 1 fully saturated rings. The molecule has 1 saturated heterocycles. The highest BCUT2D eigenvalue weighted by atomic mass is 35.5. The third-order valence-electron chi connectivity index (χ3n) is 7.03. The zero-order valence-electron chi connectivity index (χ0n) is 26.0.